The molecule has 0 aliphatic carbocycles. The Hall–Kier alpha value is -0.650. The fourth-order valence-corrected chi connectivity index (χ4v) is 3.16. The Bertz CT molecular complexity index is 397. The highest BCUT2D eigenvalue weighted by Gasteiger charge is 2.26. The number of esters is 1. The molecule has 0 saturated carbocycles. The standard InChI is InChI=1S/C11H15ClN2O2S/c1-16-10(15)8-3-2-4-14(6-8)7-9-5-13-11(12)17-9/h5,8H,2-4,6-7H2,1H3. The zero-order valence-electron chi connectivity index (χ0n) is 9.69. The first-order valence-corrected chi connectivity index (χ1v) is 6.79. The summed E-state index contributed by atoms with van der Waals surface area (Å²) in [6, 6.07) is 0. The van der Waals surface area contributed by atoms with Gasteiger partial charge in [0, 0.05) is 24.2 Å². The Kier molecular flexibility index (Phi) is 4.36. The predicted octanol–water partition coefficient (Wildman–Crippen LogP) is 2.18. The highest BCUT2D eigenvalue weighted by molar-refractivity contribution is 7.15. The van der Waals surface area contributed by atoms with E-state index in [1.54, 1.807) is 6.20 Å². The Balaban J connectivity index is 1.91. The molecule has 1 aliphatic rings. The maximum absolute atomic E-state index is 11.5. The number of piperidine rings is 1. The summed E-state index contributed by atoms with van der Waals surface area (Å²) in [6.45, 7) is 2.60. The third-order valence-corrected chi connectivity index (χ3v) is 4.04. The van der Waals surface area contributed by atoms with Crippen LogP contribution in [0.1, 0.15) is 17.7 Å². The Morgan fingerprint density at radius 2 is 2.59 bits per heavy atom. The molecule has 0 radical (unpaired) electrons. The highest BCUT2D eigenvalue weighted by Crippen LogP contribution is 2.23. The minimum Gasteiger partial charge on any atom is -0.469 e. The van der Waals surface area contributed by atoms with E-state index in [9.17, 15) is 4.79 Å². The van der Waals surface area contributed by atoms with Crippen molar-refractivity contribution in [1.82, 2.24) is 9.88 Å². The van der Waals surface area contributed by atoms with Gasteiger partial charge in [0.15, 0.2) is 4.47 Å². The number of halogens is 1. The summed E-state index contributed by atoms with van der Waals surface area (Å²) >= 11 is 7.29. The first-order chi connectivity index (χ1) is 8.19. The van der Waals surface area contributed by atoms with Gasteiger partial charge < -0.3 is 4.74 Å². The van der Waals surface area contributed by atoms with Crippen molar-refractivity contribution in [2.45, 2.75) is 19.4 Å². The van der Waals surface area contributed by atoms with Crippen LogP contribution in [0.2, 0.25) is 4.47 Å². The third-order valence-electron chi connectivity index (χ3n) is 2.94. The summed E-state index contributed by atoms with van der Waals surface area (Å²) in [4.78, 5) is 18.9. The normalized spacial score (nSPS) is 21.4. The molecule has 1 unspecified atom stereocenters. The van der Waals surface area contributed by atoms with Gasteiger partial charge in [-0.1, -0.05) is 11.6 Å². The van der Waals surface area contributed by atoms with Gasteiger partial charge in [0.1, 0.15) is 0 Å². The lowest BCUT2D eigenvalue weighted by Crippen LogP contribution is -2.38. The number of carbonyl (C=O) groups excluding carboxylic acids is 1. The van der Waals surface area contributed by atoms with Crippen molar-refractivity contribution in [3.63, 3.8) is 0 Å². The lowest BCUT2D eigenvalue weighted by molar-refractivity contribution is -0.147. The molecule has 1 saturated heterocycles. The second-order valence-electron chi connectivity index (χ2n) is 4.18. The van der Waals surface area contributed by atoms with Crippen molar-refractivity contribution in [2.24, 2.45) is 5.92 Å². The topological polar surface area (TPSA) is 42.4 Å². The minimum atomic E-state index is -0.1000. The smallest absolute Gasteiger partial charge is 0.309 e. The number of rotatable bonds is 3. The van der Waals surface area contributed by atoms with Gasteiger partial charge in [-0.15, -0.1) is 11.3 Å². The molecule has 2 heterocycles. The van der Waals surface area contributed by atoms with Crippen molar-refractivity contribution in [3.8, 4) is 0 Å². The average Bonchev–Trinajstić information content (AvgIpc) is 2.74. The number of carbonyl (C=O) groups is 1. The van der Waals surface area contributed by atoms with Crippen LogP contribution in [0.25, 0.3) is 0 Å². The van der Waals surface area contributed by atoms with Crippen LogP contribution in [0.3, 0.4) is 0 Å². The highest BCUT2D eigenvalue weighted by atomic mass is 35.5. The van der Waals surface area contributed by atoms with Crippen LogP contribution in [0.5, 0.6) is 0 Å². The maximum Gasteiger partial charge on any atom is 0.309 e. The average molecular weight is 275 g/mol. The SMILES string of the molecule is COC(=O)C1CCCN(Cc2cnc(Cl)s2)C1. The molecule has 17 heavy (non-hydrogen) atoms. The zero-order valence-corrected chi connectivity index (χ0v) is 11.3. The van der Waals surface area contributed by atoms with E-state index in [-0.39, 0.29) is 11.9 Å². The molecule has 0 bridgehead atoms. The number of nitrogens with zero attached hydrogens (tertiary/aromatic N) is 2. The van der Waals surface area contributed by atoms with Crippen LogP contribution in [0.4, 0.5) is 0 Å². The Morgan fingerprint density at radius 3 is 3.24 bits per heavy atom. The van der Waals surface area contributed by atoms with Crippen molar-refractivity contribution >= 4 is 28.9 Å². The van der Waals surface area contributed by atoms with Gasteiger partial charge in [-0.2, -0.15) is 0 Å². The molecule has 1 aliphatic heterocycles. The van der Waals surface area contributed by atoms with Gasteiger partial charge in [-0.25, -0.2) is 4.98 Å². The maximum atomic E-state index is 11.5. The molecular formula is C11H15ClN2O2S. The molecule has 6 heteroatoms. The van der Waals surface area contributed by atoms with E-state index in [0.717, 1.165) is 37.4 Å². The predicted molar refractivity (Wildman–Crippen MR) is 67.1 cm³/mol. The molecular weight excluding hydrogens is 260 g/mol. The van der Waals surface area contributed by atoms with Gasteiger partial charge in [0.25, 0.3) is 0 Å². The number of hydrogen-bond acceptors (Lipinski definition) is 5. The summed E-state index contributed by atoms with van der Waals surface area (Å²) < 4.78 is 5.37. The van der Waals surface area contributed by atoms with E-state index in [0.29, 0.717) is 4.47 Å². The van der Waals surface area contributed by atoms with Crippen molar-refractivity contribution in [3.05, 3.63) is 15.5 Å². The van der Waals surface area contributed by atoms with Gasteiger partial charge in [-0.05, 0) is 19.4 Å². The number of likely N-dealkylation sites (tertiary alicyclic amines) is 1. The van der Waals surface area contributed by atoms with Crippen molar-refractivity contribution < 1.29 is 9.53 Å². The third kappa shape index (κ3) is 3.40. The minimum absolute atomic E-state index is 0.0112. The summed E-state index contributed by atoms with van der Waals surface area (Å²) in [5.41, 5.74) is 0. The molecule has 1 fully saturated rings. The summed E-state index contributed by atoms with van der Waals surface area (Å²) in [5, 5.41) is 0. The van der Waals surface area contributed by atoms with Crippen molar-refractivity contribution in [2.75, 3.05) is 20.2 Å². The molecule has 2 rings (SSSR count). The molecule has 0 spiro atoms. The number of ether oxygens (including phenoxy) is 1. The zero-order chi connectivity index (χ0) is 12.3. The van der Waals surface area contributed by atoms with Crippen LogP contribution in [0, 0.1) is 5.92 Å². The number of thiazole rings is 1. The fraction of sp³-hybridized carbons (Fsp3) is 0.636. The summed E-state index contributed by atoms with van der Waals surface area (Å²) in [5.74, 6) is -0.0887. The number of aromatic nitrogens is 1. The van der Waals surface area contributed by atoms with Crippen LogP contribution in [-0.2, 0) is 16.1 Å². The van der Waals surface area contributed by atoms with Crippen LogP contribution >= 0.6 is 22.9 Å². The van der Waals surface area contributed by atoms with Gasteiger partial charge >= 0.3 is 5.97 Å². The van der Waals surface area contributed by atoms with Gasteiger partial charge in [-0.3, -0.25) is 9.69 Å². The fourth-order valence-electron chi connectivity index (χ4n) is 2.14. The van der Waals surface area contributed by atoms with E-state index in [2.05, 4.69) is 9.88 Å². The van der Waals surface area contributed by atoms with E-state index in [1.165, 1.54) is 18.4 Å². The Labute approximate surface area is 110 Å². The second-order valence-corrected chi connectivity index (χ2v) is 5.87. The second kappa shape index (κ2) is 5.80. The molecule has 0 amide bonds. The van der Waals surface area contributed by atoms with E-state index in [4.69, 9.17) is 16.3 Å². The van der Waals surface area contributed by atoms with Crippen LogP contribution in [-0.4, -0.2) is 36.1 Å². The Morgan fingerprint density at radius 1 is 1.76 bits per heavy atom. The lowest BCUT2D eigenvalue weighted by Gasteiger charge is -2.30. The first-order valence-electron chi connectivity index (χ1n) is 5.59. The largest absolute Gasteiger partial charge is 0.469 e. The molecule has 1 aromatic heterocycles. The van der Waals surface area contributed by atoms with E-state index in [1.807, 2.05) is 0 Å². The first kappa shape index (κ1) is 12.8. The molecule has 0 N–H and O–H groups in total. The number of hydrogen-bond donors (Lipinski definition) is 0. The van der Waals surface area contributed by atoms with E-state index < -0.39 is 0 Å². The summed E-state index contributed by atoms with van der Waals surface area (Å²) in [6.07, 6.45) is 3.76. The van der Waals surface area contributed by atoms with Gasteiger partial charge in [0.2, 0.25) is 0 Å². The van der Waals surface area contributed by atoms with Crippen LogP contribution in [0.15, 0.2) is 6.20 Å². The van der Waals surface area contributed by atoms with E-state index >= 15 is 0 Å². The van der Waals surface area contributed by atoms with Gasteiger partial charge in [0.05, 0.1) is 13.0 Å². The molecule has 1 atom stereocenters. The quantitative estimate of drug-likeness (QED) is 0.793. The monoisotopic (exact) mass is 274 g/mol. The van der Waals surface area contributed by atoms with Crippen molar-refractivity contribution in [1.29, 1.82) is 0 Å². The molecule has 1 aromatic rings. The molecule has 0 aromatic carbocycles. The number of methoxy groups -OCH3 is 1. The van der Waals surface area contributed by atoms with Crippen LogP contribution < -0.4 is 0 Å². The lowest BCUT2D eigenvalue weighted by atomic mass is 9.98. The molecule has 4 nitrogen and oxygen atoms in total. The summed E-state index contributed by atoms with van der Waals surface area (Å²) in [7, 11) is 1.45. The molecule has 94 valence electrons.